The molecule has 1 N–H and O–H groups in total. The number of likely N-dealkylation sites (N-methyl/N-ethyl adjacent to an activating group) is 1. The number of carbonyl (C=O) groups is 1. The molecule has 2 aromatic heterocycles. The molecule has 0 radical (unpaired) electrons. The molecule has 0 bridgehead atoms. The van der Waals surface area contributed by atoms with Crippen LogP contribution in [0.2, 0.25) is 0 Å². The van der Waals surface area contributed by atoms with Crippen LogP contribution in [-0.2, 0) is 17.8 Å². The van der Waals surface area contributed by atoms with E-state index in [4.69, 9.17) is 0 Å². The second kappa shape index (κ2) is 5.59. The lowest BCUT2D eigenvalue weighted by Crippen LogP contribution is -2.41. The van der Waals surface area contributed by atoms with E-state index in [1.807, 2.05) is 41.8 Å². The highest BCUT2D eigenvalue weighted by Crippen LogP contribution is 2.30. The molecule has 3 aromatic rings. The van der Waals surface area contributed by atoms with Gasteiger partial charge in [-0.25, -0.2) is 4.98 Å². The minimum Gasteiger partial charge on any atom is -0.348 e. The second-order valence-electron chi connectivity index (χ2n) is 6.09. The predicted octanol–water partition coefficient (Wildman–Crippen LogP) is 1.73. The maximum atomic E-state index is 12.8. The first-order valence-corrected chi connectivity index (χ1v) is 7.88. The highest BCUT2D eigenvalue weighted by molar-refractivity contribution is 5.82. The molecule has 24 heavy (non-hydrogen) atoms. The summed E-state index contributed by atoms with van der Waals surface area (Å²) < 4.78 is 1.94. The third-order valence-electron chi connectivity index (χ3n) is 4.43. The number of hydrogen-bond acceptors (Lipinski definition) is 4. The van der Waals surface area contributed by atoms with Crippen LogP contribution in [0.15, 0.2) is 36.7 Å². The Labute approximate surface area is 139 Å². The van der Waals surface area contributed by atoms with Gasteiger partial charge in [0.2, 0.25) is 5.91 Å². The SMILES string of the molecule is Cc1[nH]cnc1-c1nnc2n1[C@H](Cc1ccccc1)C(=O)N(C)C2. The number of nitrogens with one attached hydrogen (secondary N) is 1. The van der Waals surface area contributed by atoms with E-state index in [2.05, 4.69) is 20.2 Å². The fraction of sp³-hybridized carbons (Fsp3) is 0.294. The lowest BCUT2D eigenvalue weighted by atomic mass is 10.0. The van der Waals surface area contributed by atoms with Gasteiger partial charge >= 0.3 is 0 Å². The monoisotopic (exact) mass is 322 g/mol. The van der Waals surface area contributed by atoms with Crippen molar-refractivity contribution in [2.45, 2.75) is 25.9 Å². The van der Waals surface area contributed by atoms with E-state index in [9.17, 15) is 4.79 Å². The highest BCUT2D eigenvalue weighted by atomic mass is 16.2. The number of hydrogen-bond donors (Lipinski definition) is 1. The van der Waals surface area contributed by atoms with Crippen molar-refractivity contribution in [2.75, 3.05) is 7.05 Å². The molecule has 122 valence electrons. The molecule has 1 amide bonds. The molecule has 0 saturated carbocycles. The van der Waals surface area contributed by atoms with Gasteiger partial charge in [0.25, 0.3) is 0 Å². The number of carbonyl (C=O) groups excluding carboxylic acids is 1. The zero-order valence-corrected chi connectivity index (χ0v) is 13.6. The largest absolute Gasteiger partial charge is 0.348 e. The fourth-order valence-electron chi connectivity index (χ4n) is 3.18. The molecule has 0 aliphatic carbocycles. The fourth-order valence-corrected chi connectivity index (χ4v) is 3.18. The van der Waals surface area contributed by atoms with Gasteiger partial charge in [-0.15, -0.1) is 10.2 Å². The highest BCUT2D eigenvalue weighted by Gasteiger charge is 2.35. The average Bonchev–Trinajstić information content (AvgIpc) is 3.18. The number of aromatic nitrogens is 5. The molecule has 7 nitrogen and oxygen atoms in total. The van der Waals surface area contributed by atoms with Gasteiger partial charge in [0, 0.05) is 19.2 Å². The normalized spacial score (nSPS) is 17.2. The van der Waals surface area contributed by atoms with Gasteiger partial charge < -0.3 is 9.88 Å². The Bertz CT molecular complexity index is 882. The zero-order chi connectivity index (χ0) is 16.7. The van der Waals surface area contributed by atoms with Crippen LogP contribution in [0.4, 0.5) is 0 Å². The molecule has 1 aliphatic rings. The van der Waals surface area contributed by atoms with Gasteiger partial charge in [0.1, 0.15) is 11.7 Å². The molecule has 0 spiro atoms. The van der Waals surface area contributed by atoms with Crippen LogP contribution in [0.1, 0.15) is 23.1 Å². The van der Waals surface area contributed by atoms with Crippen molar-refractivity contribution >= 4 is 5.91 Å². The maximum Gasteiger partial charge on any atom is 0.246 e. The summed E-state index contributed by atoms with van der Waals surface area (Å²) >= 11 is 0. The molecule has 0 unspecified atom stereocenters. The minimum absolute atomic E-state index is 0.0700. The van der Waals surface area contributed by atoms with Crippen molar-refractivity contribution in [3.8, 4) is 11.5 Å². The van der Waals surface area contributed by atoms with Crippen LogP contribution in [0.5, 0.6) is 0 Å². The number of aryl methyl sites for hydroxylation is 1. The molecule has 3 heterocycles. The number of imidazole rings is 1. The topological polar surface area (TPSA) is 79.7 Å². The number of benzene rings is 1. The Morgan fingerprint density at radius 3 is 2.75 bits per heavy atom. The van der Waals surface area contributed by atoms with E-state index in [1.54, 1.807) is 18.3 Å². The van der Waals surface area contributed by atoms with Crippen LogP contribution in [0, 0.1) is 6.92 Å². The standard InChI is InChI=1S/C17H18N6O/c1-11-15(19-10-18-11)16-21-20-14-9-22(2)17(24)13(23(14)16)8-12-6-4-3-5-7-12/h3-7,10,13H,8-9H2,1-2H3,(H,18,19)/t13-/m1/s1. The number of amides is 1. The minimum atomic E-state index is -0.359. The second-order valence-corrected chi connectivity index (χ2v) is 6.09. The van der Waals surface area contributed by atoms with Crippen molar-refractivity contribution < 1.29 is 4.79 Å². The number of H-pyrrole nitrogens is 1. The van der Waals surface area contributed by atoms with Gasteiger partial charge in [-0.1, -0.05) is 30.3 Å². The summed E-state index contributed by atoms with van der Waals surface area (Å²) in [4.78, 5) is 21.9. The van der Waals surface area contributed by atoms with Crippen molar-refractivity contribution in [1.82, 2.24) is 29.6 Å². The Kier molecular flexibility index (Phi) is 3.41. The van der Waals surface area contributed by atoms with Crippen LogP contribution in [0.25, 0.3) is 11.5 Å². The Morgan fingerprint density at radius 1 is 1.25 bits per heavy atom. The van der Waals surface area contributed by atoms with Crippen LogP contribution >= 0.6 is 0 Å². The molecule has 4 rings (SSSR count). The van der Waals surface area contributed by atoms with Crippen molar-refractivity contribution in [1.29, 1.82) is 0 Å². The lowest BCUT2D eigenvalue weighted by Gasteiger charge is -2.31. The first-order valence-electron chi connectivity index (χ1n) is 7.88. The summed E-state index contributed by atoms with van der Waals surface area (Å²) in [6.45, 7) is 2.40. The summed E-state index contributed by atoms with van der Waals surface area (Å²) in [5.74, 6) is 1.50. The molecule has 0 saturated heterocycles. The van der Waals surface area contributed by atoms with Gasteiger partial charge in [0.05, 0.1) is 12.9 Å². The lowest BCUT2D eigenvalue weighted by molar-refractivity contribution is -0.135. The third-order valence-corrected chi connectivity index (χ3v) is 4.43. The summed E-state index contributed by atoms with van der Waals surface area (Å²) in [7, 11) is 1.80. The van der Waals surface area contributed by atoms with Crippen LogP contribution in [-0.4, -0.2) is 42.6 Å². The zero-order valence-electron chi connectivity index (χ0n) is 13.6. The van der Waals surface area contributed by atoms with Gasteiger partial charge in [0.15, 0.2) is 11.6 Å². The Hall–Kier alpha value is -2.96. The Morgan fingerprint density at radius 2 is 2.04 bits per heavy atom. The van der Waals surface area contributed by atoms with E-state index in [-0.39, 0.29) is 11.9 Å². The molecule has 7 heteroatoms. The molecular formula is C17H18N6O. The van der Waals surface area contributed by atoms with Gasteiger partial charge in [-0.3, -0.25) is 9.36 Å². The Balaban J connectivity index is 1.82. The van der Waals surface area contributed by atoms with Crippen molar-refractivity contribution in [3.63, 3.8) is 0 Å². The van der Waals surface area contributed by atoms with E-state index >= 15 is 0 Å². The van der Waals surface area contributed by atoms with E-state index in [1.165, 1.54) is 0 Å². The summed E-state index contributed by atoms with van der Waals surface area (Å²) in [5, 5.41) is 8.61. The average molecular weight is 322 g/mol. The summed E-state index contributed by atoms with van der Waals surface area (Å²) in [6.07, 6.45) is 2.24. The van der Waals surface area contributed by atoms with E-state index in [0.29, 0.717) is 18.8 Å². The predicted molar refractivity (Wildman–Crippen MR) is 88.0 cm³/mol. The van der Waals surface area contributed by atoms with E-state index < -0.39 is 0 Å². The number of rotatable bonds is 3. The summed E-state index contributed by atoms with van der Waals surface area (Å²) in [5.41, 5.74) is 2.76. The van der Waals surface area contributed by atoms with Crippen molar-refractivity contribution in [3.05, 3.63) is 53.7 Å². The molecule has 1 atom stereocenters. The first kappa shape index (κ1) is 14.6. The quantitative estimate of drug-likeness (QED) is 0.796. The molecule has 1 aliphatic heterocycles. The molecular weight excluding hydrogens is 304 g/mol. The number of aromatic amines is 1. The number of nitrogens with zero attached hydrogens (tertiary/aromatic N) is 5. The maximum absolute atomic E-state index is 12.8. The molecule has 1 aromatic carbocycles. The third kappa shape index (κ3) is 2.29. The van der Waals surface area contributed by atoms with Gasteiger partial charge in [-0.05, 0) is 12.5 Å². The van der Waals surface area contributed by atoms with Crippen LogP contribution in [0.3, 0.4) is 0 Å². The molecule has 0 fully saturated rings. The van der Waals surface area contributed by atoms with Crippen LogP contribution < -0.4 is 0 Å². The van der Waals surface area contributed by atoms with Crippen molar-refractivity contribution in [2.24, 2.45) is 0 Å². The van der Waals surface area contributed by atoms with Gasteiger partial charge in [-0.2, -0.15) is 0 Å². The smallest absolute Gasteiger partial charge is 0.246 e. The summed E-state index contributed by atoms with van der Waals surface area (Å²) in [6, 6.07) is 9.65. The van der Waals surface area contributed by atoms with E-state index in [0.717, 1.165) is 22.8 Å². The first-order chi connectivity index (χ1) is 11.6. The number of fused-ring (bicyclic) bond motifs is 1.